The number of esters is 1. The van der Waals surface area contributed by atoms with Crippen LogP contribution in [-0.4, -0.2) is 48.2 Å². The zero-order chi connectivity index (χ0) is 18.1. The predicted molar refractivity (Wildman–Crippen MR) is 93.2 cm³/mol. The molecular formula is C17H22N2O5S. The van der Waals surface area contributed by atoms with Gasteiger partial charge in [-0.05, 0) is 37.2 Å². The molecule has 0 saturated carbocycles. The van der Waals surface area contributed by atoms with E-state index in [-0.39, 0.29) is 18.5 Å². The van der Waals surface area contributed by atoms with Gasteiger partial charge >= 0.3 is 18.0 Å². The van der Waals surface area contributed by atoms with Gasteiger partial charge in [0.25, 0.3) is 0 Å². The summed E-state index contributed by atoms with van der Waals surface area (Å²) in [6.07, 6.45) is 3.29. The van der Waals surface area contributed by atoms with Crippen molar-refractivity contribution in [3.8, 4) is 0 Å². The van der Waals surface area contributed by atoms with E-state index in [1.54, 1.807) is 0 Å². The molecule has 136 valence electrons. The third kappa shape index (κ3) is 3.49. The van der Waals surface area contributed by atoms with Gasteiger partial charge in [0.1, 0.15) is 5.00 Å². The molecule has 3 rings (SSSR count). The lowest BCUT2D eigenvalue weighted by atomic mass is 9.91. The lowest BCUT2D eigenvalue weighted by molar-refractivity contribution is -0.143. The average molecular weight is 366 g/mol. The summed E-state index contributed by atoms with van der Waals surface area (Å²) >= 11 is 1.42. The van der Waals surface area contributed by atoms with Crippen LogP contribution in [0.15, 0.2) is 0 Å². The van der Waals surface area contributed by atoms with Crippen LogP contribution in [0.25, 0.3) is 0 Å². The van der Waals surface area contributed by atoms with Crippen LogP contribution in [0.1, 0.15) is 40.6 Å². The van der Waals surface area contributed by atoms with Crippen LogP contribution >= 0.6 is 11.3 Å². The van der Waals surface area contributed by atoms with Gasteiger partial charge in [0, 0.05) is 18.0 Å². The van der Waals surface area contributed by atoms with Crippen LogP contribution in [0.3, 0.4) is 0 Å². The van der Waals surface area contributed by atoms with Gasteiger partial charge in [-0.25, -0.2) is 9.59 Å². The number of anilines is 1. The van der Waals surface area contributed by atoms with E-state index >= 15 is 0 Å². The molecule has 0 aromatic carbocycles. The first-order chi connectivity index (χ1) is 11.9. The molecule has 1 aromatic heterocycles. The SMILES string of the molecule is COC(=O)c1c(NC(=O)N2CC(C)CC(C(=O)O)C2)sc2c1CCC2. The minimum absolute atomic E-state index is 0.119. The number of piperidine rings is 1. The largest absolute Gasteiger partial charge is 0.481 e. The van der Waals surface area contributed by atoms with Gasteiger partial charge in [0.15, 0.2) is 0 Å². The summed E-state index contributed by atoms with van der Waals surface area (Å²) < 4.78 is 4.88. The van der Waals surface area contributed by atoms with Crippen LogP contribution in [0.2, 0.25) is 0 Å². The first-order valence-corrected chi connectivity index (χ1v) is 9.24. The molecule has 0 spiro atoms. The molecule has 2 atom stereocenters. The highest BCUT2D eigenvalue weighted by molar-refractivity contribution is 7.17. The van der Waals surface area contributed by atoms with Gasteiger partial charge in [0.2, 0.25) is 0 Å². The number of nitrogens with one attached hydrogen (secondary N) is 1. The average Bonchev–Trinajstić information content (AvgIpc) is 3.14. The smallest absolute Gasteiger partial charge is 0.341 e. The monoisotopic (exact) mass is 366 g/mol. The summed E-state index contributed by atoms with van der Waals surface area (Å²) in [5.41, 5.74) is 1.43. The molecule has 25 heavy (non-hydrogen) atoms. The van der Waals surface area contributed by atoms with Crippen molar-refractivity contribution in [2.75, 3.05) is 25.5 Å². The van der Waals surface area contributed by atoms with Crippen LogP contribution in [0.5, 0.6) is 0 Å². The maximum atomic E-state index is 12.6. The van der Waals surface area contributed by atoms with Gasteiger partial charge in [-0.1, -0.05) is 6.92 Å². The number of carbonyl (C=O) groups excluding carboxylic acids is 2. The molecule has 1 aliphatic heterocycles. The summed E-state index contributed by atoms with van der Waals surface area (Å²) in [6.45, 7) is 2.63. The highest BCUT2D eigenvalue weighted by Crippen LogP contribution is 2.39. The minimum atomic E-state index is -0.880. The van der Waals surface area contributed by atoms with Gasteiger partial charge in [0.05, 0.1) is 18.6 Å². The van der Waals surface area contributed by atoms with Gasteiger partial charge in [-0.3, -0.25) is 10.1 Å². The molecule has 7 nitrogen and oxygen atoms in total. The molecule has 0 radical (unpaired) electrons. The Morgan fingerprint density at radius 3 is 2.72 bits per heavy atom. The second-order valence-corrected chi connectivity index (χ2v) is 7.87. The Kier molecular flexibility index (Phi) is 4.99. The van der Waals surface area contributed by atoms with Gasteiger partial charge < -0.3 is 14.7 Å². The first-order valence-electron chi connectivity index (χ1n) is 8.42. The van der Waals surface area contributed by atoms with Crippen molar-refractivity contribution in [3.63, 3.8) is 0 Å². The summed E-state index contributed by atoms with van der Waals surface area (Å²) in [5.74, 6) is -1.75. The number of hydrogen-bond acceptors (Lipinski definition) is 5. The molecule has 0 bridgehead atoms. The van der Waals surface area contributed by atoms with E-state index in [9.17, 15) is 19.5 Å². The molecular weight excluding hydrogens is 344 g/mol. The molecule has 2 heterocycles. The molecule has 1 aromatic rings. The number of amides is 2. The minimum Gasteiger partial charge on any atom is -0.481 e. The van der Waals surface area contributed by atoms with E-state index in [0.717, 1.165) is 29.7 Å². The van der Waals surface area contributed by atoms with E-state index in [2.05, 4.69) is 5.32 Å². The number of hydrogen-bond donors (Lipinski definition) is 2. The van der Waals surface area contributed by atoms with E-state index in [1.165, 1.54) is 23.3 Å². The number of urea groups is 1. The molecule has 2 aliphatic rings. The van der Waals surface area contributed by atoms with Crippen LogP contribution in [-0.2, 0) is 22.4 Å². The van der Waals surface area contributed by atoms with Crippen molar-refractivity contribution in [1.29, 1.82) is 0 Å². The normalized spacial score (nSPS) is 22.4. The number of aryl methyl sites for hydroxylation is 1. The third-order valence-corrected chi connectivity index (χ3v) is 6.03. The Bertz CT molecular complexity index is 714. The van der Waals surface area contributed by atoms with Crippen molar-refractivity contribution in [3.05, 3.63) is 16.0 Å². The molecule has 2 N–H and O–H groups in total. The Hall–Kier alpha value is -2.09. The Labute approximate surface area is 150 Å². The van der Waals surface area contributed by atoms with E-state index in [4.69, 9.17) is 4.74 Å². The van der Waals surface area contributed by atoms with E-state index in [0.29, 0.717) is 23.5 Å². The molecule has 2 amide bonds. The zero-order valence-electron chi connectivity index (χ0n) is 14.3. The number of rotatable bonds is 3. The number of carboxylic acids is 1. The van der Waals surface area contributed by atoms with Crippen LogP contribution < -0.4 is 5.32 Å². The zero-order valence-corrected chi connectivity index (χ0v) is 15.1. The van der Waals surface area contributed by atoms with E-state index in [1.807, 2.05) is 6.92 Å². The molecule has 8 heteroatoms. The molecule has 2 unspecified atom stereocenters. The maximum Gasteiger partial charge on any atom is 0.341 e. The standard InChI is InChI=1S/C17H22N2O5S/c1-9-6-10(15(20)21)8-19(7-9)17(23)18-14-13(16(22)24-2)11-4-3-5-12(11)25-14/h9-10H,3-8H2,1-2H3,(H,18,23)(H,20,21). The van der Waals surface area contributed by atoms with E-state index < -0.39 is 17.9 Å². The fraction of sp³-hybridized carbons (Fsp3) is 0.588. The third-order valence-electron chi connectivity index (χ3n) is 4.83. The molecule has 1 aliphatic carbocycles. The summed E-state index contributed by atoms with van der Waals surface area (Å²) in [6, 6.07) is -0.358. The summed E-state index contributed by atoms with van der Waals surface area (Å²) in [4.78, 5) is 38.7. The van der Waals surface area contributed by atoms with Gasteiger partial charge in [-0.15, -0.1) is 11.3 Å². The number of ether oxygens (including phenoxy) is 1. The number of aliphatic carboxylic acids is 1. The molecule has 1 saturated heterocycles. The number of thiophene rings is 1. The van der Waals surface area contributed by atoms with Crippen molar-refractivity contribution in [2.45, 2.75) is 32.6 Å². The number of carbonyl (C=O) groups is 3. The van der Waals surface area contributed by atoms with Gasteiger partial charge in [-0.2, -0.15) is 0 Å². The topological polar surface area (TPSA) is 95.9 Å². The fourth-order valence-corrected chi connectivity index (χ4v) is 4.95. The first kappa shape index (κ1) is 17.7. The lowest BCUT2D eigenvalue weighted by Crippen LogP contribution is -2.47. The lowest BCUT2D eigenvalue weighted by Gasteiger charge is -2.34. The Morgan fingerprint density at radius 1 is 1.28 bits per heavy atom. The highest BCUT2D eigenvalue weighted by atomic mass is 32.1. The quantitative estimate of drug-likeness (QED) is 0.802. The second kappa shape index (κ2) is 7.03. The second-order valence-electron chi connectivity index (χ2n) is 6.76. The van der Waals surface area contributed by atoms with Crippen molar-refractivity contribution in [2.24, 2.45) is 11.8 Å². The Morgan fingerprint density at radius 2 is 2.04 bits per heavy atom. The number of methoxy groups -OCH3 is 1. The van der Waals surface area contributed by atoms with Crippen molar-refractivity contribution < 1.29 is 24.2 Å². The highest BCUT2D eigenvalue weighted by Gasteiger charge is 2.33. The summed E-state index contributed by atoms with van der Waals surface area (Å²) in [5, 5.41) is 12.6. The van der Waals surface area contributed by atoms with Crippen LogP contribution in [0, 0.1) is 11.8 Å². The number of likely N-dealkylation sites (tertiary alicyclic amines) is 1. The maximum absolute atomic E-state index is 12.6. The summed E-state index contributed by atoms with van der Waals surface area (Å²) in [7, 11) is 1.33. The fourth-order valence-electron chi connectivity index (χ4n) is 3.68. The van der Waals surface area contributed by atoms with Crippen molar-refractivity contribution >= 4 is 34.3 Å². The van der Waals surface area contributed by atoms with Crippen LogP contribution in [0.4, 0.5) is 9.80 Å². The number of fused-ring (bicyclic) bond motifs is 1. The number of nitrogens with zero attached hydrogens (tertiary/aromatic N) is 1. The predicted octanol–water partition coefficient (Wildman–Crippen LogP) is 2.60. The Balaban J connectivity index is 1.79. The number of carboxylic acid groups (broad SMARTS) is 1. The van der Waals surface area contributed by atoms with Crippen molar-refractivity contribution in [1.82, 2.24) is 4.90 Å². The molecule has 1 fully saturated rings.